The van der Waals surface area contributed by atoms with Crippen molar-refractivity contribution in [3.63, 3.8) is 0 Å². The molecule has 1 heterocycles. The van der Waals surface area contributed by atoms with E-state index in [1.165, 1.54) is 0 Å². The molecule has 0 N–H and O–H groups in total. The molecule has 9 heavy (non-hydrogen) atoms. The number of rotatable bonds is 0. The van der Waals surface area contributed by atoms with Crippen LogP contribution in [0.3, 0.4) is 0 Å². The molecule has 0 unspecified atom stereocenters. The van der Waals surface area contributed by atoms with Crippen molar-refractivity contribution < 1.29 is 0 Å². The van der Waals surface area contributed by atoms with Crippen LogP contribution in [0.15, 0.2) is 11.2 Å². The monoisotopic (exact) mass is 145 g/mol. The van der Waals surface area contributed by atoms with Gasteiger partial charge in [0, 0.05) is 7.05 Å². The summed E-state index contributed by atoms with van der Waals surface area (Å²) in [6, 6.07) is 0. The molecule has 0 saturated heterocycles. The third-order valence-corrected chi connectivity index (χ3v) is 0.795. The molecular formula is C5H11N3S. The van der Waals surface area contributed by atoms with Crippen LogP contribution in [0.5, 0.6) is 0 Å². The lowest BCUT2D eigenvalue weighted by Gasteiger charge is -1.74. The highest BCUT2D eigenvalue weighted by Crippen LogP contribution is 1.93. The molecule has 0 amide bonds. The Morgan fingerprint density at radius 2 is 2.11 bits per heavy atom. The van der Waals surface area contributed by atoms with Crippen LogP contribution in [-0.4, -0.2) is 15.0 Å². The summed E-state index contributed by atoms with van der Waals surface area (Å²) in [5.41, 5.74) is 0. The van der Waals surface area contributed by atoms with Crippen LogP contribution in [0.2, 0.25) is 0 Å². The quantitative estimate of drug-likeness (QED) is 0.555. The molecule has 0 aliphatic carbocycles. The Kier molecular flexibility index (Phi) is 4.13. The Morgan fingerprint density at radius 1 is 1.56 bits per heavy atom. The second-order valence-corrected chi connectivity index (χ2v) is 1.71. The zero-order valence-corrected chi connectivity index (χ0v) is 6.76. The zero-order valence-electron chi connectivity index (χ0n) is 5.87. The van der Waals surface area contributed by atoms with Gasteiger partial charge in [0.05, 0.1) is 6.20 Å². The van der Waals surface area contributed by atoms with Gasteiger partial charge in [-0.3, -0.25) is 4.68 Å². The lowest BCUT2D eigenvalue weighted by atomic mass is 10.9. The first-order chi connectivity index (χ1) is 4.29. The van der Waals surface area contributed by atoms with E-state index < -0.39 is 0 Å². The first-order valence-corrected chi connectivity index (χ1v) is 3.29. The first-order valence-electron chi connectivity index (χ1n) is 2.84. The maximum Gasteiger partial charge on any atom is 0.135 e. The summed E-state index contributed by atoms with van der Waals surface area (Å²) >= 11 is 3.91. The summed E-state index contributed by atoms with van der Waals surface area (Å²) < 4.78 is 1.60. The number of nitrogens with zero attached hydrogens (tertiary/aromatic N) is 3. The van der Waals surface area contributed by atoms with Crippen molar-refractivity contribution in [3.05, 3.63) is 6.20 Å². The van der Waals surface area contributed by atoms with Gasteiger partial charge in [0.25, 0.3) is 0 Å². The largest absolute Gasteiger partial charge is 0.254 e. The van der Waals surface area contributed by atoms with Crippen molar-refractivity contribution in [2.24, 2.45) is 7.05 Å². The van der Waals surface area contributed by atoms with E-state index in [1.807, 2.05) is 13.8 Å². The lowest BCUT2D eigenvalue weighted by molar-refractivity contribution is 0.713. The number of hydrogen-bond donors (Lipinski definition) is 1. The van der Waals surface area contributed by atoms with Crippen molar-refractivity contribution in [1.82, 2.24) is 15.0 Å². The fourth-order valence-electron chi connectivity index (χ4n) is 0.335. The summed E-state index contributed by atoms with van der Waals surface area (Å²) in [5.74, 6) is 0. The van der Waals surface area contributed by atoms with Crippen LogP contribution in [-0.2, 0) is 7.05 Å². The summed E-state index contributed by atoms with van der Waals surface area (Å²) in [7, 11) is 1.80. The fraction of sp³-hybridized carbons (Fsp3) is 0.600. The van der Waals surface area contributed by atoms with Gasteiger partial charge in [0.15, 0.2) is 0 Å². The molecule has 3 nitrogen and oxygen atoms in total. The van der Waals surface area contributed by atoms with E-state index in [-0.39, 0.29) is 0 Å². The van der Waals surface area contributed by atoms with E-state index in [0.29, 0.717) is 5.03 Å². The molecule has 0 saturated carbocycles. The molecule has 0 aliphatic rings. The van der Waals surface area contributed by atoms with Gasteiger partial charge in [-0.2, -0.15) is 0 Å². The van der Waals surface area contributed by atoms with Gasteiger partial charge in [-0.05, 0) is 0 Å². The Bertz CT molecular complexity index is 144. The van der Waals surface area contributed by atoms with Gasteiger partial charge >= 0.3 is 0 Å². The highest BCUT2D eigenvalue weighted by Gasteiger charge is 1.84. The Balaban J connectivity index is 0.000000291. The van der Waals surface area contributed by atoms with Crippen LogP contribution in [0.4, 0.5) is 0 Å². The van der Waals surface area contributed by atoms with Crippen LogP contribution in [0.1, 0.15) is 13.8 Å². The van der Waals surface area contributed by atoms with Crippen molar-refractivity contribution in [1.29, 1.82) is 0 Å². The molecule has 4 heteroatoms. The van der Waals surface area contributed by atoms with Crippen LogP contribution in [0.25, 0.3) is 0 Å². The maximum absolute atomic E-state index is 3.91. The van der Waals surface area contributed by atoms with E-state index in [9.17, 15) is 0 Å². The smallest absolute Gasteiger partial charge is 0.135 e. The third kappa shape index (κ3) is 3.13. The fourth-order valence-corrected chi connectivity index (χ4v) is 0.542. The van der Waals surface area contributed by atoms with Gasteiger partial charge in [0.1, 0.15) is 5.03 Å². The van der Waals surface area contributed by atoms with Gasteiger partial charge in [-0.1, -0.05) is 19.1 Å². The van der Waals surface area contributed by atoms with Gasteiger partial charge in [0.2, 0.25) is 0 Å². The maximum atomic E-state index is 3.91. The lowest BCUT2D eigenvalue weighted by Crippen LogP contribution is -1.85. The molecule has 0 atom stereocenters. The first kappa shape index (κ1) is 8.49. The molecule has 52 valence electrons. The van der Waals surface area contributed by atoms with Crippen molar-refractivity contribution in [2.45, 2.75) is 18.9 Å². The van der Waals surface area contributed by atoms with E-state index >= 15 is 0 Å². The second-order valence-electron chi connectivity index (χ2n) is 1.25. The average Bonchev–Trinajstić information content (AvgIpc) is 2.20. The van der Waals surface area contributed by atoms with Gasteiger partial charge in [-0.15, -0.1) is 17.7 Å². The minimum Gasteiger partial charge on any atom is -0.254 e. The van der Waals surface area contributed by atoms with Crippen molar-refractivity contribution >= 4 is 12.6 Å². The number of aromatic nitrogens is 3. The highest BCUT2D eigenvalue weighted by molar-refractivity contribution is 7.80. The average molecular weight is 145 g/mol. The van der Waals surface area contributed by atoms with Gasteiger partial charge in [-0.25, -0.2) is 0 Å². The molecule has 0 bridgehead atoms. The van der Waals surface area contributed by atoms with Crippen LogP contribution < -0.4 is 0 Å². The normalized spacial score (nSPS) is 8.00. The molecule has 1 aromatic rings. The summed E-state index contributed by atoms with van der Waals surface area (Å²) in [6.45, 7) is 4.00. The molecule has 1 rings (SSSR count). The zero-order chi connectivity index (χ0) is 7.28. The van der Waals surface area contributed by atoms with E-state index in [0.717, 1.165) is 0 Å². The molecular weight excluding hydrogens is 134 g/mol. The second kappa shape index (κ2) is 4.38. The number of thiol groups is 1. The SMILES string of the molecule is CC.Cn1cc(S)nn1. The Morgan fingerprint density at radius 3 is 2.22 bits per heavy atom. The van der Waals surface area contributed by atoms with Gasteiger partial charge < -0.3 is 0 Å². The summed E-state index contributed by atoms with van der Waals surface area (Å²) in [4.78, 5) is 0. The standard InChI is InChI=1S/C3H5N3S.C2H6/c1-6-2-3(7)4-5-6;1-2/h2,7H,1H3;1-2H3. The predicted octanol–water partition coefficient (Wildman–Crippen LogP) is 1.13. The van der Waals surface area contributed by atoms with E-state index in [1.54, 1.807) is 17.9 Å². The van der Waals surface area contributed by atoms with Crippen molar-refractivity contribution in [3.8, 4) is 0 Å². The molecule has 0 aliphatic heterocycles. The minimum absolute atomic E-state index is 0.655. The summed E-state index contributed by atoms with van der Waals surface area (Å²) in [5, 5.41) is 7.85. The topological polar surface area (TPSA) is 30.7 Å². The van der Waals surface area contributed by atoms with Crippen molar-refractivity contribution in [2.75, 3.05) is 0 Å². The molecule has 0 radical (unpaired) electrons. The molecule has 1 aromatic heterocycles. The number of aryl methyl sites for hydroxylation is 1. The van der Waals surface area contributed by atoms with Crippen LogP contribution >= 0.6 is 12.6 Å². The van der Waals surface area contributed by atoms with E-state index in [4.69, 9.17) is 0 Å². The highest BCUT2D eigenvalue weighted by atomic mass is 32.1. The number of hydrogen-bond acceptors (Lipinski definition) is 3. The molecule has 0 spiro atoms. The Labute approximate surface area is 60.5 Å². The Hall–Kier alpha value is -0.510. The van der Waals surface area contributed by atoms with Crippen LogP contribution in [0, 0.1) is 0 Å². The third-order valence-electron chi connectivity index (χ3n) is 0.591. The summed E-state index contributed by atoms with van der Waals surface area (Å²) in [6.07, 6.45) is 1.73. The molecule has 0 fully saturated rings. The minimum atomic E-state index is 0.655. The predicted molar refractivity (Wildman–Crippen MR) is 39.6 cm³/mol. The molecule has 0 aromatic carbocycles. The van der Waals surface area contributed by atoms with E-state index in [2.05, 4.69) is 22.9 Å².